The average molecular weight is 373 g/mol. The highest BCUT2D eigenvalue weighted by molar-refractivity contribution is 9.10. The van der Waals surface area contributed by atoms with Crippen LogP contribution in [0.3, 0.4) is 0 Å². The fraction of sp³-hybridized carbons (Fsp3) is 0.0588. The molecule has 116 valence electrons. The Morgan fingerprint density at radius 1 is 1.04 bits per heavy atom. The highest BCUT2D eigenvalue weighted by Crippen LogP contribution is 2.19. The summed E-state index contributed by atoms with van der Waals surface area (Å²) >= 11 is 3.43. The molecule has 0 aliphatic heterocycles. The van der Waals surface area contributed by atoms with Crippen LogP contribution in [0, 0.1) is 5.82 Å². The molecule has 2 N–H and O–H groups in total. The zero-order chi connectivity index (χ0) is 16.1. The molecular formula is C17H14BrFN4. The van der Waals surface area contributed by atoms with E-state index < -0.39 is 0 Å². The molecule has 6 heteroatoms. The van der Waals surface area contributed by atoms with E-state index in [0.29, 0.717) is 18.3 Å². The van der Waals surface area contributed by atoms with Crippen LogP contribution in [0.4, 0.5) is 21.8 Å². The van der Waals surface area contributed by atoms with E-state index >= 15 is 0 Å². The molecule has 0 atom stereocenters. The van der Waals surface area contributed by atoms with Crippen molar-refractivity contribution in [3.05, 3.63) is 76.6 Å². The van der Waals surface area contributed by atoms with Crippen molar-refractivity contribution >= 4 is 33.4 Å². The quantitative estimate of drug-likeness (QED) is 0.679. The first-order valence-electron chi connectivity index (χ1n) is 7.03. The van der Waals surface area contributed by atoms with Crippen LogP contribution in [0.2, 0.25) is 0 Å². The minimum atomic E-state index is -0.245. The predicted octanol–water partition coefficient (Wildman–Crippen LogP) is 4.73. The molecule has 0 aliphatic rings. The Kier molecular flexibility index (Phi) is 4.83. The lowest BCUT2D eigenvalue weighted by Gasteiger charge is -2.09. The zero-order valence-corrected chi connectivity index (χ0v) is 13.7. The molecule has 1 aromatic heterocycles. The average Bonchev–Trinajstić information content (AvgIpc) is 2.55. The minimum Gasteiger partial charge on any atom is -0.350 e. The number of halogens is 2. The second kappa shape index (κ2) is 7.19. The second-order valence-corrected chi connectivity index (χ2v) is 5.80. The standard InChI is InChI=1S/C17H14BrFN4/c18-13-2-1-3-15(10-13)22-16-8-9-20-17(23-16)21-11-12-4-6-14(19)7-5-12/h1-10H,11H2,(H2,20,21,22,23). The Hall–Kier alpha value is -2.47. The molecule has 0 unspecified atom stereocenters. The van der Waals surface area contributed by atoms with Crippen LogP contribution in [0.25, 0.3) is 0 Å². The van der Waals surface area contributed by atoms with Crippen LogP contribution in [-0.4, -0.2) is 9.97 Å². The molecule has 0 spiro atoms. The first kappa shape index (κ1) is 15.4. The van der Waals surface area contributed by atoms with Crippen LogP contribution < -0.4 is 10.6 Å². The molecule has 2 aromatic carbocycles. The molecule has 0 saturated carbocycles. The topological polar surface area (TPSA) is 49.8 Å². The highest BCUT2D eigenvalue weighted by Gasteiger charge is 2.01. The molecule has 3 rings (SSSR count). The number of nitrogens with zero attached hydrogens (tertiary/aromatic N) is 2. The summed E-state index contributed by atoms with van der Waals surface area (Å²) in [6.07, 6.45) is 1.68. The van der Waals surface area contributed by atoms with Gasteiger partial charge in [0.2, 0.25) is 5.95 Å². The number of nitrogens with one attached hydrogen (secondary N) is 2. The van der Waals surface area contributed by atoms with E-state index in [0.717, 1.165) is 15.7 Å². The van der Waals surface area contributed by atoms with E-state index in [2.05, 4.69) is 36.5 Å². The number of hydrogen-bond acceptors (Lipinski definition) is 4. The second-order valence-electron chi connectivity index (χ2n) is 4.88. The fourth-order valence-corrected chi connectivity index (χ4v) is 2.41. The van der Waals surface area contributed by atoms with Crippen LogP contribution in [0.15, 0.2) is 65.3 Å². The number of hydrogen-bond donors (Lipinski definition) is 2. The van der Waals surface area contributed by atoms with Gasteiger partial charge < -0.3 is 10.6 Å². The van der Waals surface area contributed by atoms with Gasteiger partial charge in [-0.15, -0.1) is 0 Å². The molecule has 0 radical (unpaired) electrons. The van der Waals surface area contributed by atoms with Gasteiger partial charge in [-0.1, -0.05) is 34.1 Å². The van der Waals surface area contributed by atoms with Crippen molar-refractivity contribution in [3.8, 4) is 0 Å². The first-order valence-corrected chi connectivity index (χ1v) is 7.82. The highest BCUT2D eigenvalue weighted by atomic mass is 79.9. The summed E-state index contributed by atoms with van der Waals surface area (Å²) in [7, 11) is 0. The van der Waals surface area contributed by atoms with Crippen molar-refractivity contribution in [3.63, 3.8) is 0 Å². The predicted molar refractivity (Wildman–Crippen MR) is 93.2 cm³/mol. The van der Waals surface area contributed by atoms with Gasteiger partial charge in [-0.3, -0.25) is 0 Å². The summed E-state index contributed by atoms with van der Waals surface area (Å²) in [6, 6.07) is 15.9. The Balaban J connectivity index is 1.66. The number of aromatic nitrogens is 2. The summed E-state index contributed by atoms with van der Waals surface area (Å²) in [5.41, 5.74) is 1.89. The molecule has 0 saturated heterocycles. The molecule has 23 heavy (non-hydrogen) atoms. The summed E-state index contributed by atoms with van der Waals surface area (Å²) in [5.74, 6) is 0.958. The van der Waals surface area contributed by atoms with Gasteiger partial charge in [0.15, 0.2) is 0 Å². The van der Waals surface area contributed by atoms with Crippen molar-refractivity contribution < 1.29 is 4.39 Å². The van der Waals surface area contributed by atoms with Gasteiger partial charge in [0.1, 0.15) is 11.6 Å². The lowest BCUT2D eigenvalue weighted by molar-refractivity contribution is 0.627. The molecule has 1 heterocycles. The van der Waals surface area contributed by atoms with E-state index in [1.165, 1.54) is 12.1 Å². The Morgan fingerprint density at radius 3 is 2.65 bits per heavy atom. The number of benzene rings is 2. The molecule has 0 bridgehead atoms. The van der Waals surface area contributed by atoms with E-state index in [4.69, 9.17) is 0 Å². The van der Waals surface area contributed by atoms with Crippen LogP contribution in [-0.2, 0) is 6.54 Å². The van der Waals surface area contributed by atoms with Gasteiger partial charge in [0.25, 0.3) is 0 Å². The molecule has 0 aliphatic carbocycles. The summed E-state index contributed by atoms with van der Waals surface area (Å²) in [4.78, 5) is 8.59. The Morgan fingerprint density at radius 2 is 1.87 bits per heavy atom. The van der Waals surface area contributed by atoms with Crippen molar-refractivity contribution in [2.75, 3.05) is 10.6 Å². The van der Waals surface area contributed by atoms with Gasteiger partial charge in [-0.05, 0) is 42.0 Å². The smallest absolute Gasteiger partial charge is 0.224 e. The van der Waals surface area contributed by atoms with Crippen LogP contribution in [0.1, 0.15) is 5.56 Å². The maximum Gasteiger partial charge on any atom is 0.224 e. The van der Waals surface area contributed by atoms with Gasteiger partial charge in [0.05, 0.1) is 0 Å². The lowest BCUT2D eigenvalue weighted by atomic mass is 10.2. The maximum atomic E-state index is 12.9. The number of rotatable bonds is 5. The summed E-state index contributed by atoms with van der Waals surface area (Å²) in [6.45, 7) is 0.528. The van der Waals surface area contributed by atoms with E-state index in [9.17, 15) is 4.39 Å². The van der Waals surface area contributed by atoms with Crippen LogP contribution in [0.5, 0.6) is 0 Å². The zero-order valence-electron chi connectivity index (χ0n) is 12.1. The van der Waals surface area contributed by atoms with Crippen molar-refractivity contribution in [2.24, 2.45) is 0 Å². The van der Waals surface area contributed by atoms with Gasteiger partial charge in [-0.2, -0.15) is 4.98 Å². The third-order valence-electron chi connectivity index (χ3n) is 3.12. The van der Waals surface area contributed by atoms with Gasteiger partial charge in [0, 0.05) is 22.9 Å². The normalized spacial score (nSPS) is 10.3. The fourth-order valence-electron chi connectivity index (χ4n) is 2.01. The maximum absolute atomic E-state index is 12.9. The molecule has 0 fully saturated rings. The van der Waals surface area contributed by atoms with Crippen LogP contribution >= 0.6 is 15.9 Å². The van der Waals surface area contributed by atoms with Crippen molar-refractivity contribution in [1.82, 2.24) is 9.97 Å². The van der Waals surface area contributed by atoms with Gasteiger partial charge >= 0.3 is 0 Å². The molecule has 0 amide bonds. The summed E-state index contributed by atoms with van der Waals surface area (Å²) in [5, 5.41) is 6.34. The lowest BCUT2D eigenvalue weighted by Crippen LogP contribution is -2.05. The Labute approximate surface area is 141 Å². The van der Waals surface area contributed by atoms with E-state index in [1.54, 1.807) is 24.4 Å². The monoisotopic (exact) mass is 372 g/mol. The van der Waals surface area contributed by atoms with E-state index in [-0.39, 0.29) is 5.82 Å². The Bertz CT molecular complexity index is 793. The SMILES string of the molecule is Fc1ccc(CNc2nccc(Nc3cccc(Br)c3)n2)cc1. The molecule has 4 nitrogen and oxygen atoms in total. The van der Waals surface area contributed by atoms with E-state index in [1.807, 2.05) is 24.3 Å². The van der Waals surface area contributed by atoms with Crippen molar-refractivity contribution in [1.29, 1.82) is 0 Å². The first-order chi connectivity index (χ1) is 11.2. The van der Waals surface area contributed by atoms with Crippen molar-refractivity contribution in [2.45, 2.75) is 6.54 Å². The summed E-state index contributed by atoms with van der Waals surface area (Å²) < 4.78 is 13.9. The largest absolute Gasteiger partial charge is 0.350 e. The molecule has 3 aromatic rings. The van der Waals surface area contributed by atoms with Gasteiger partial charge in [-0.25, -0.2) is 9.37 Å². The minimum absolute atomic E-state index is 0.245. The molecular weight excluding hydrogens is 359 g/mol. The number of anilines is 3. The third-order valence-corrected chi connectivity index (χ3v) is 3.61. The third kappa shape index (κ3) is 4.50.